The van der Waals surface area contributed by atoms with Crippen LogP contribution in [0.4, 0.5) is 8.78 Å². The molecule has 1 unspecified atom stereocenters. The Hall–Kier alpha value is -1.73. The smallest absolute Gasteiger partial charge is 0.191 e. The molecule has 1 aliphatic heterocycles. The first-order valence-corrected chi connectivity index (χ1v) is 10.7. The van der Waals surface area contributed by atoms with E-state index in [0.29, 0.717) is 25.0 Å². The molecule has 1 aromatic carbocycles. The van der Waals surface area contributed by atoms with E-state index in [2.05, 4.69) is 15.6 Å². The van der Waals surface area contributed by atoms with Crippen molar-refractivity contribution in [2.45, 2.75) is 43.9 Å². The van der Waals surface area contributed by atoms with Crippen LogP contribution >= 0.6 is 0 Å². The Kier molecular flexibility index (Phi) is 8.24. The predicted molar refractivity (Wildman–Crippen MR) is 110 cm³/mol. The van der Waals surface area contributed by atoms with E-state index in [1.807, 2.05) is 0 Å². The van der Waals surface area contributed by atoms with E-state index < -0.39 is 17.0 Å². The predicted octanol–water partition coefficient (Wildman–Crippen LogP) is 3.38. The van der Waals surface area contributed by atoms with Gasteiger partial charge in [-0.15, -0.1) is 0 Å². The lowest BCUT2D eigenvalue weighted by Crippen LogP contribution is -2.45. The van der Waals surface area contributed by atoms with E-state index in [1.165, 1.54) is 18.2 Å². The number of benzene rings is 1. The highest BCUT2D eigenvalue weighted by atomic mass is 19.1. The van der Waals surface area contributed by atoms with Gasteiger partial charge in [-0.25, -0.2) is 8.78 Å². The Morgan fingerprint density at radius 1 is 1.24 bits per heavy atom. The molecular formula is C22H33F2N3O2. The van der Waals surface area contributed by atoms with Gasteiger partial charge in [0.2, 0.25) is 0 Å². The maximum atomic E-state index is 14.5. The summed E-state index contributed by atoms with van der Waals surface area (Å²) in [4.78, 5) is 4.25. The third-order valence-electron chi connectivity index (χ3n) is 6.01. The van der Waals surface area contributed by atoms with E-state index in [4.69, 9.17) is 9.47 Å². The number of rotatable bonds is 9. The fourth-order valence-electron chi connectivity index (χ4n) is 4.39. The fourth-order valence-corrected chi connectivity index (χ4v) is 4.39. The van der Waals surface area contributed by atoms with Crippen molar-refractivity contribution >= 4 is 5.96 Å². The minimum atomic E-state index is -0.528. The molecule has 5 nitrogen and oxygen atoms in total. The normalized spacial score (nSPS) is 21.5. The van der Waals surface area contributed by atoms with Crippen molar-refractivity contribution in [3.63, 3.8) is 0 Å². The topological polar surface area (TPSA) is 54.9 Å². The zero-order valence-electron chi connectivity index (χ0n) is 17.3. The van der Waals surface area contributed by atoms with Crippen molar-refractivity contribution in [3.8, 4) is 0 Å². The lowest BCUT2D eigenvalue weighted by atomic mass is 9.78. The number of hydrogen-bond donors (Lipinski definition) is 2. The molecule has 1 saturated carbocycles. The quantitative estimate of drug-likeness (QED) is 0.373. The molecule has 2 N–H and O–H groups in total. The molecule has 7 heteroatoms. The van der Waals surface area contributed by atoms with Gasteiger partial charge in [-0.3, -0.25) is 4.99 Å². The van der Waals surface area contributed by atoms with Gasteiger partial charge in [0.15, 0.2) is 5.96 Å². The molecule has 2 aliphatic rings. The van der Waals surface area contributed by atoms with Crippen LogP contribution in [0, 0.1) is 17.6 Å². The van der Waals surface area contributed by atoms with Gasteiger partial charge in [-0.1, -0.05) is 18.9 Å². The highest BCUT2D eigenvalue weighted by Crippen LogP contribution is 2.42. The minimum Gasteiger partial charge on any atom is -0.381 e. The van der Waals surface area contributed by atoms with Crippen LogP contribution in [0.2, 0.25) is 0 Å². The highest BCUT2D eigenvalue weighted by molar-refractivity contribution is 5.79. The number of ether oxygens (including phenoxy) is 2. The number of hydrogen-bond acceptors (Lipinski definition) is 3. The Bertz CT molecular complexity index is 652. The van der Waals surface area contributed by atoms with Crippen molar-refractivity contribution < 1.29 is 18.3 Å². The molecule has 162 valence electrons. The van der Waals surface area contributed by atoms with Crippen molar-refractivity contribution in [1.82, 2.24) is 10.6 Å². The summed E-state index contributed by atoms with van der Waals surface area (Å²) in [5.41, 5.74) is -0.316. The molecule has 3 rings (SSSR count). The zero-order chi connectivity index (χ0) is 20.5. The van der Waals surface area contributed by atoms with E-state index >= 15 is 0 Å². The fraction of sp³-hybridized carbons (Fsp3) is 0.682. The van der Waals surface area contributed by atoms with Gasteiger partial charge in [-0.2, -0.15) is 0 Å². The van der Waals surface area contributed by atoms with Crippen molar-refractivity contribution in [2.75, 3.05) is 46.6 Å². The minimum absolute atomic E-state index is 0.213. The molecule has 1 aliphatic carbocycles. The second-order valence-electron chi connectivity index (χ2n) is 8.09. The first kappa shape index (κ1) is 22.0. The number of nitrogens with one attached hydrogen (secondary N) is 2. The van der Waals surface area contributed by atoms with Crippen molar-refractivity contribution in [3.05, 3.63) is 35.4 Å². The van der Waals surface area contributed by atoms with Crippen molar-refractivity contribution in [2.24, 2.45) is 10.9 Å². The lowest BCUT2D eigenvalue weighted by Gasteiger charge is -2.31. The molecule has 1 heterocycles. The summed E-state index contributed by atoms with van der Waals surface area (Å²) in [6.07, 6.45) is 5.44. The highest BCUT2D eigenvalue weighted by Gasteiger charge is 2.39. The Morgan fingerprint density at radius 3 is 2.66 bits per heavy atom. The number of aliphatic imine (C=N–C) groups is 1. The second kappa shape index (κ2) is 10.9. The Labute approximate surface area is 172 Å². The van der Waals surface area contributed by atoms with E-state index in [1.54, 1.807) is 7.05 Å². The SMILES string of the molecule is CN=C(NCCCOCC1CCOC1)NCC1(c2c(F)cccc2F)CCCC1. The Morgan fingerprint density at radius 2 is 2.00 bits per heavy atom. The van der Waals surface area contributed by atoms with Crippen LogP contribution < -0.4 is 10.6 Å². The molecule has 1 atom stereocenters. The average Bonchev–Trinajstić information content (AvgIpc) is 3.39. The molecule has 0 aromatic heterocycles. The van der Waals surface area contributed by atoms with Gasteiger partial charge in [0.25, 0.3) is 0 Å². The van der Waals surface area contributed by atoms with Gasteiger partial charge in [0.05, 0.1) is 13.2 Å². The summed E-state index contributed by atoms with van der Waals surface area (Å²) in [7, 11) is 1.71. The molecule has 1 saturated heterocycles. The first-order chi connectivity index (χ1) is 14.1. The molecule has 2 fully saturated rings. The van der Waals surface area contributed by atoms with Crippen LogP contribution in [-0.4, -0.2) is 52.5 Å². The molecule has 1 aromatic rings. The van der Waals surface area contributed by atoms with Gasteiger partial charge in [-0.05, 0) is 37.8 Å². The molecule has 0 spiro atoms. The maximum Gasteiger partial charge on any atom is 0.191 e. The third-order valence-corrected chi connectivity index (χ3v) is 6.01. The number of guanidine groups is 1. The summed E-state index contributed by atoms with van der Waals surface area (Å²) in [5, 5.41) is 6.56. The second-order valence-corrected chi connectivity index (χ2v) is 8.09. The summed E-state index contributed by atoms with van der Waals surface area (Å²) < 4.78 is 40.0. The third kappa shape index (κ3) is 5.89. The summed E-state index contributed by atoms with van der Waals surface area (Å²) in [6.45, 7) is 4.27. The van der Waals surface area contributed by atoms with Gasteiger partial charge >= 0.3 is 0 Å². The van der Waals surface area contributed by atoms with Crippen LogP contribution in [-0.2, 0) is 14.9 Å². The Balaban J connectivity index is 1.45. The molecule has 0 amide bonds. The number of halogens is 2. The van der Waals surface area contributed by atoms with Crippen LogP contribution in [0.5, 0.6) is 0 Å². The monoisotopic (exact) mass is 409 g/mol. The van der Waals surface area contributed by atoms with E-state index in [0.717, 1.165) is 64.9 Å². The molecule has 0 radical (unpaired) electrons. The largest absolute Gasteiger partial charge is 0.381 e. The van der Waals surface area contributed by atoms with E-state index in [-0.39, 0.29) is 5.56 Å². The summed E-state index contributed by atoms with van der Waals surface area (Å²) in [5.74, 6) is 0.263. The van der Waals surface area contributed by atoms with Gasteiger partial charge in [0.1, 0.15) is 11.6 Å². The van der Waals surface area contributed by atoms with Crippen LogP contribution in [0.25, 0.3) is 0 Å². The standard InChI is InChI=1S/C22H33F2N3O2/c1-25-21(26-11-5-12-28-14-17-8-13-29-15-17)27-16-22(9-2-3-10-22)20-18(23)6-4-7-19(20)24/h4,6-7,17H,2-3,5,8-16H2,1H3,(H2,25,26,27). The molecular weight excluding hydrogens is 376 g/mol. The van der Waals surface area contributed by atoms with Crippen molar-refractivity contribution in [1.29, 1.82) is 0 Å². The van der Waals surface area contributed by atoms with Gasteiger partial charge < -0.3 is 20.1 Å². The summed E-state index contributed by atoms with van der Waals surface area (Å²) >= 11 is 0. The van der Waals surface area contributed by atoms with Crippen LogP contribution in [0.3, 0.4) is 0 Å². The van der Waals surface area contributed by atoms with Gasteiger partial charge in [0, 0.05) is 50.2 Å². The number of nitrogens with zero attached hydrogens (tertiary/aromatic N) is 1. The summed E-state index contributed by atoms with van der Waals surface area (Å²) in [6, 6.07) is 4.12. The molecule has 0 bridgehead atoms. The molecule has 29 heavy (non-hydrogen) atoms. The van der Waals surface area contributed by atoms with E-state index in [9.17, 15) is 8.78 Å². The van der Waals surface area contributed by atoms with Crippen LogP contribution in [0.15, 0.2) is 23.2 Å². The average molecular weight is 410 g/mol. The zero-order valence-corrected chi connectivity index (χ0v) is 17.3. The first-order valence-electron chi connectivity index (χ1n) is 10.7. The lowest BCUT2D eigenvalue weighted by molar-refractivity contribution is 0.0888. The maximum absolute atomic E-state index is 14.5. The van der Waals surface area contributed by atoms with Crippen LogP contribution in [0.1, 0.15) is 44.1 Å².